The van der Waals surface area contributed by atoms with Gasteiger partial charge < -0.3 is 19.8 Å². The summed E-state index contributed by atoms with van der Waals surface area (Å²) >= 11 is 1.30. The van der Waals surface area contributed by atoms with Crippen LogP contribution in [0.5, 0.6) is 11.5 Å². The molecule has 0 aliphatic heterocycles. The Balaban J connectivity index is 2.39. The zero-order valence-corrected chi connectivity index (χ0v) is 14.9. The van der Waals surface area contributed by atoms with Crippen molar-refractivity contribution in [2.45, 2.75) is 31.5 Å². The number of aromatic nitrogens is 3. The van der Waals surface area contributed by atoms with Crippen LogP contribution < -0.4 is 15.2 Å². The summed E-state index contributed by atoms with van der Waals surface area (Å²) in [5.41, 5.74) is 6.11. The molecule has 2 rings (SSSR count). The van der Waals surface area contributed by atoms with E-state index in [0.717, 1.165) is 30.8 Å². The van der Waals surface area contributed by atoms with Gasteiger partial charge in [-0.05, 0) is 24.6 Å². The summed E-state index contributed by atoms with van der Waals surface area (Å²) in [4.78, 5) is 11.0. The Morgan fingerprint density at radius 2 is 2.00 bits per heavy atom. The van der Waals surface area contributed by atoms with Crippen molar-refractivity contribution >= 4 is 17.7 Å². The lowest BCUT2D eigenvalue weighted by Gasteiger charge is -2.12. The van der Waals surface area contributed by atoms with Crippen molar-refractivity contribution in [1.29, 1.82) is 0 Å². The van der Waals surface area contributed by atoms with Crippen LogP contribution in [0, 0.1) is 0 Å². The maximum Gasteiger partial charge on any atom is 0.227 e. The summed E-state index contributed by atoms with van der Waals surface area (Å²) in [6.45, 7) is 2.89. The van der Waals surface area contributed by atoms with Crippen LogP contribution in [0.15, 0.2) is 23.4 Å². The van der Waals surface area contributed by atoms with Gasteiger partial charge in [0.2, 0.25) is 5.91 Å². The van der Waals surface area contributed by atoms with Gasteiger partial charge in [0, 0.05) is 12.1 Å². The molecular weight excluding hydrogens is 328 g/mol. The summed E-state index contributed by atoms with van der Waals surface area (Å²) in [6, 6.07) is 5.62. The van der Waals surface area contributed by atoms with Gasteiger partial charge in [-0.3, -0.25) is 4.79 Å². The van der Waals surface area contributed by atoms with E-state index in [4.69, 9.17) is 15.2 Å². The molecule has 0 saturated heterocycles. The van der Waals surface area contributed by atoms with Crippen LogP contribution in [0.1, 0.15) is 19.8 Å². The van der Waals surface area contributed by atoms with Crippen molar-refractivity contribution in [3.05, 3.63) is 18.2 Å². The molecule has 0 spiro atoms. The third kappa shape index (κ3) is 4.19. The number of rotatable bonds is 9. The van der Waals surface area contributed by atoms with E-state index in [1.807, 2.05) is 22.8 Å². The van der Waals surface area contributed by atoms with Gasteiger partial charge in [0.05, 0.1) is 20.0 Å². The lowest BCUT2D eigenvalue weighted by molar-refractivity contribution is -0.115. The summed E-state index contributed by atoms with van der Waals surface area (Å²) < 4.78 is 12.6. The first-order valence-electron chi connectivity index (χ1n) is 7.67. The van der Waals surface area contributed by atoms with Gasteiger partial charge in [-0.15, -0.1) is 10.2 Å². The number of nitrogens with two attached hydrogens (primary N) is 1. The molecule has 0 saturated carbocycles. The van der Waals surface area contributed by atoms with Gasteiger partial charge in [-0.2, -0.15) is 0 Å². The Morgan fingerprint density at radius 3 is 2.62 bits per heavy atom. The summed E-state index contributed by atoms with van der Waals surface area (Å²) in [5.74, 6) is 1.82. The second-order valence-corrected chi connectivity index (χ2v) is 6.08. The molecule has 1 heterocycles. The molecular formula is C16H22N4O3S. The number of primary amides is 1. The number of unbranched alkanes of at least 4 members (excludes halogenated alkanes) is 1. The van der Waals surface area contributed by atoms with E-state index in [0.29, 0.717) is 16.7 Å². The third-order valence-corrected chi connectivity index (χ3v) is 4.43. The minimum atomic E-state index is -0.377. The van der Waals surface area contributed by atoms with Crippen molar-refractivity contribution in [1.82, 2.24) is 14.8 Å². The summed E-state index contributed by atoms with van der Waals surface area (Å²) in [7, 11) is 3.19. The fourth-order valence-corrected chi connectivity index (χ4v) is 2.94. The summed E-state index contributed by atoms with van der Waals surface area (Å²) in [5, 5.41) is 9.19. The lowest BCUT2D eigenvalue weighted by Crippen LogP contribution is -2.14. The molecule has 2 aromatic rings. The molecule has 0 aliphatic carbocycles. The van der Waals surface area contributed by atoms with E-state index < -0.39 is 0 Å². The lowest BCUT2D eigenvalue weighted by atomic mass is 10.2. The van der Waals surface area contributed by atoms with E-state index in [1.165, 1.54) is 11.8 Å². The average Bonchev–Trinajstić information content (AvgIpc) is 3.00. The highest BCUT2D eigenvalue weighted by molar-refractivity contribution is 7.99. The first-order valence-corrected chi connectivity index (χ1v) is 8.66. The van der Waals surface area contributed by atoms with E-state index in [-0.39, 0.29) is 11.7 Å². The predicted molar refractivity (Wildman–Crippen MR) is 93.4 cm³/mol. The molecule has 2 N–H and O–H groups in total. The molecule has 0 fully saturated rings. The van der Waals surface area contributed by atoms with Gasteiger partial charge in [0.25, 0.3) is 0 Å². The van der Waals surface area contributed by atoms with Crippen molar-refractivity contribution < 1.29 is 14.3 Å². The Hall–Kier alpha value is -2.22. The minimum Gasteiger partial charge on any atom is -0.493 e. The second kappa shape index (κ2) is 8.58. The molecule has 1 amide bonds. The molecule has 1 aromatic heterocycles. The number of benzene rings is 1. The number of carbonyl (C=O) groups is 1. The quantitative estimate of drug-likeness (QED) is 0.698. The normalized spacial score (nSPS) is 10.6. The highest BCUT2D eigenvalue weighted by Gasteiger charge is 2.16. The molecule has 7 nitrogen and oxygen atoms in total. The number of ether oxygens (including phenoxy) is 2. The first kappa shape index (κ1) is 18.1. The van der Waals surface area contributed by atoms with Crippen molar-refractivity contribution in [2.75, 3.05) is 20.0 Å². The molecule has 130 valence electrons. The van der Waals surface area contributed by atoms with Gasteiger partial charge in [0.1, 0.15) is 0 Å². The van der Waals surface area contributed by atoms with Gasteiger partial charge >= 0.3 is 0 Å². The number of thioether (sulfide) groups is 1. The van der Waals surface area contributed by atoms with Crippen molar-refractivity contribution in [3.63, 3.8) is 0 Å². The molecule has 1 aromatic carbocycles. The molecule has 0 aliphatic rings. The standard InChI is InChI=1S/C16H22N4O3S/c1-4-5-8-20-15(18-19-16(20)24-10-14(17)21)11-6-7-12(22-2)13(9-11)23-3/h6-7,9H,4-5,8,10H2,1-3H3,(H2,17,21). The smallest absolute Gasteiger partial charge is 0.227 e. The van der Waals surface area contributed by atoms with Gasteiger partial charge in [-0.1, -0.05) is 25.1 Å². The number of hydrogen-bond acceptors (Lipinski definition) is 6. The maximum atomic E-state index is 11.0. The Morgan fingerprint density at radius 1 is 1.25 bits per heavy atom. The zero-order valence-electron chi connectivity index (χ0n) is 14.1. The Labute approximate surface area is 145 Å². The van der Waals surface area contributed by atoms with Crippen LogP contribution in [0.3, 0.4) is 0 Å². The van der Waals surface area contributed by atoms with Crippen LogP contribution in [0.2, 0.25) is 0 Å². The molecule has 8 heteroatoms. The number of methoxy groups -OCH3 is 2. The van der Waals surface area contributed by atoms with Crippen LogP contribution in [-0.4, -0.2) is 40.6 Å². The van der Waals surface area contributed by atoms with Crippen molar-refractivity contribution in [2.24, 2.45) is 5.73 Å². The number of hydrogen-bond donors (Lipinski definition) is 1. The maximum absolute atomic E-state index is 11.0. The average molecular weight is 350 g/mol. The van der Waals surface area contributed by atoms with Crippen LogP contribution >= 0.6 is 11.8 Å². The molecule has 24 heavy (non-hydrogen) atoms. The molecule has 0 bridgehead atoms. The largest absolute Gasteiger partial charge is 0.493 e. The molecule has 0 atom stereocenters. The third-order valence-electron chi connectivity index (χ3n) is 3.44. The van der Waals surface area contributed by atoms with E-state index in [9.17, 15) is 4.79 Å². The fourth-order valence-electron chi connectivity index (χ4n) is 2.24. The number of nitrogens with zero attached hydrogens (tertiary/aromatic N) is 3. The number of carbonyl (C=O) groups excluding carboxylic acids is 1. The minimum absolute atomic E-state index is 0.177. The van der Waals surface area contributed by atoms with Crippen LogP contribution in [0.25, 0.3) is 11.4 Å². The predicted octanol–water partition coefficient (Wildman–Crippen LogP) is 2.34. The summed E-state index contributed by atoms with van der Waals surface area (Å²) in [6.07, 6.45) is 2.03. The highest BCUT2D eigenvalue weighted by Crippen LogP contribution is 2.33. The fraction of sp³-hybridized carbons (Fsp3) is 0.438. The van der Waals surface area contributed by atoms with Crippen LogP contribution in [-0.2, 0) is 11.3 Å². The topological polar surface area (TPSA) is 92.3 Å². The number of amides is 1. The van der Waals surface area contributed by atoms with E-state index in [2.05, 4.69) is 17.1 Å². The zero-order chi connectivity index (χ0) is 17.5. The monoisotopic (exact) mass is 350 g/mol. The Bertz CT molecular complexity index is 703. The van der Waals surface area contributed by atoms with Crippen LogP contribution in [0.4, 0.5) is 0 Å². The molecule has 0 unspecified atom stereocenters. The highest BCUT2D eigenvalue weighted by atomic mass is 32.2. The van der Waals surface area contributed by atoms with Gasteiger partial charge in [-0.25, -0.2) is 0 Å². The van der Waals surface area contributed by atoms with Gasteiger partial charge in [0.15, 0.2) is 22.5 Å². The second-order valence-electron chi connectivity index (χ2n) is 5.14. The molecule has 0 radical (unpaired) electrons. The van der Waals surface area contributed by atoms with Crippen molar-refractivity contribution in [3.8, 4) is 22.9 Å². The Kier molecular flexibility index (Phi) is 6.48. The first-order chi connectivity index (χ1) is 11.6. The SMILES string of the molecule is CCCCn1c(SCC(N)=O)nnc1-c1ccc(OC)c(OC)c1. The van der Waals surface area contributed by atoms with E-state index in [1.54, 1.807) is 14.2 Å². The van der Waals surface area contributed by atoms with E-state index >= 15 is 0 Å².